The maximum Gasteiger partial charge on any atom is 0.0451 e. The first kappa shape index (κ1) is 16.5. The van der Waals surface area contributed by atoms with Gasteiger partial charge in [0.15, 0.2) is 0 Å². The van der Waals surface area contributed by atoms with Gasteiger partial charge in [-0.25, -0.2) is 0 Å². The topological polar surface area (TPSA) is 15.3 Å². The number of likely N-dealkylation sites (N-methyl/N-ethyl adjacent to an activating group) is 1. The van der Waals surface area contributed by atoms with Crippen molar-refractivity contribution >= 4 is 0 Å². The van der Waals surface area contributed by atoms with E-state index in [0.717, 1.165) is 19.0 Å². The number of hydrogen-bond acceptors (Lipinski definition) is 2. The lowest BCUT2D eigenvalue weighted by molar-refractivity contribution is 0.191. The molecule has 1 atom stereocenters. The van der Waals surface area contributed by atoms with Crippen LogP contribution < -0.4 is 5.32 Å². The van der Waals surface area contributed by atoms with Crippen molar-refractivity contribution in [3.8, 4) is 0 Å². The zero-order valence-electron chi connectivity index (χ0n) is 14.3. The van der Waals surface area contributed by atoms with Gasteiger partial charge in [-0.2, -0.15) is 0 Å². The van der Waals surface area contributed by atoms with Crippen molar-refractivity contribution in [2.45, 2.75) is 52.5 Å². The maximum absolute atomic E-state index is 3.75. The van der Waals surface area contributed by atoms with Gasteiger partial charge in [0, 0.05) is 19.1 Å². The van der Waals surface area contributed by atoms with Gasteiger partial charge >= 0.3 is 0 Å². The molecule has 1 saturated carbocycles. The van der Waals surface area contributed by atoms with Crippen LogP contribution in [0.5, 0.6) is 0 Å². The van der Waals surface area contributed by atoms with Crippen LogP contribution >= 0.6 is 0 Å². The molecule has 0 saturated heterocycles. The lowest BCUT2D eigenvalue weighted by Crippen LogP contribution is -2.37. The van der Waals surface area contributed by atoms with Crippen LogP contribution in [-0.4, -0.2) is 31.6 Å². The summed E-state index contributed by atoms with van der Waals surface area (Å²) < 4.78 is 0. The average molecular weight is 288 g/mol. The van der Waals surface area contributed by atoms with Crippen molar-refractivity contribution < 1.29 is 0 Å². The van der Waals surface area contributed by atoms with E-state index in [-0.39, 0.29) is 0 Å². The second-order valence-corrected chi connectivity index (χ2v) is 6.88. The summed E-state index contributed by atoms with van der Waals surface area (Å²) in [5.74, 6) is 0.945. The zero-order chi connectivity index (χ0) is 15.2. The van der Waals surface area contributed by atoms with Gasteiger partial charge in [-0.1, -0.05) is 37.1 Å². The Bertz CT molecular complexity index is 437. The number of rotatable bonds is 8. The molecule has 1 aromatic rings. The van der Waals surface area contributed by atoms with Gasteiger partial charge in [0.1, 0.15) is 0 Å². The fourth-order valence-corrected chi connectivity index (χ4v) is 3.23. The molecule has 0 heterocycles. The minimum atomic E-state index is 0.454. The number of nitrogens with one attached hydrogen (secondary N) is 1. The van der Waals surface area contributed by atoms with Gasteiger partial charge < -0.3 is 10.2 Å². The third-order valence-electron chi connectivity index (χ3n) is 4.74. The van der Waals surface area contributed by atoms with Crippen molar-refractivity contribution in [2.24, 2.45) is 5.92 Å². The van der Waals surface area contributed by atoms with Crippen LogP contribution in [0.4, 0.5) is 0 Å². The molecule has 0 spiro atoms. The summed E-state index contributed by atoms with van der Waals surface area (Å²) in [4.78, 5) is 2.53. The molecule has 1 aliphatic rings. The molecule has 1 unspecified atom stereocenters. The van der Waals surface area contributed by atoms with Gasteiger partial charge in [-0.15, -0.1) is 0 Å². The Balaban J connectivity index is 2.03. The molecule has 1 N–H and O–H groups in total. The normalized spacial score (nSPS) is 17.0. The van der Waals surface area contributed by atoms with E-state index in [4.69, 9.17) is 0 Å². The Morgan fingerprint density at radius 3 is 2.67 bits per heavy atom. The van der Waals surface area contributed by atoms with Crippen LogP contribution in [0.25, 0.3) is 0 Å². The number of aryl methyl sites for hydroxylation is 2. The highest BCUT2D eigenvalue weighted by Gasteiger charge is 2.21. The van der Waals surface area contributed by atoms with Crippen LogP contribution in [-0.2, 0) is 0 Å². The van der Waals surface area contributed by atoms with E-state index in [1.165, 1.54) is 48.9 Å². The molecule has 2 heteroatoms. The van der Waals surface area contributed by atoms with Crippen LogP contribution in [0.15, 0.2) is 18.2 Å². The molecular formula is C19H32N2. The minimum Gasteiger partial charge on any atom is -0.309 e. The highest BCUT2D eigenvalue weighted by atomic mass is 15.1. The second-order valence-electron chi connectivity index (χ2n) is 6.88. The fraction of sp³-hybridized carbons (Fsp3) is 0.684. The molecular weight excluding hydrogens is 256 g/mol. The van der Waals surface area contributed by atoms with Crippen molar-refractivity contribution in [3.05, 3.63) is 34.9 Å². The summed E-state index contributed by atoms with van der Waals surface area (Å²) in [5.41, 5.74) is 4.25. The summed E-state index contributed by atoms with van der Waals surface area (Å²) in [6, 6.07) is 7.29. The average Bonchev–Trinajstić information content (AvgIpc) is 2.42. The van der Waals surface area contributed by atoms with Crippen molar-refractivity contribution in [2.75, 3.05) is 26.7 Å². The molecule has 21 heavy (non-hydrogen) atoms. The molecule has 0 amide bonds. The van der Waals surface area contributed by atoms with E-state index in [9.17, 15) is 0 Å². The van der Waals surface area contributed by atoms with Crippen molar-refractivity contribution in [1.29, 1.82) is 0 Å². The molecule has 0 aromatic heterocycles. The third-order valence-corrected chi connectivity index (χ3v) is 4.74. The van der Waals surface area contributed by atoms with E-state index in [2.05, 4.69) is 56.2 Å². The van der Waals surface area contributed by atoms with E-state index < -0.39 is 0 Å². The summed E-state index contributed by atoms with van der Waals surface area (Å²) in [6.45, 7) is 10.1. The largest absolute Gasteiger partial charge is 0.309 e. The summed E-state index contributed by atoms with van der Waals surface area (Å²) in [6.07, 6.45) is 5.49. The predicted molar refractivity (Wildman–Crippen MR) is 91.8 cm³/mol. The monoisotopic (exact) mass is 288 g/mol. The fourth-order valence-electron chi connectivity index (χ4n) is 3.23. The van der Waals surface area contributed by atoms with E-state index in [1.54, 1.807) is 0 Å². The van der Waals surface area contributed by atoms with Gasteiger partial charge in [-0.3, -0.25) is 0 Å². The molecule has 2 rings (SSSR count). The smallest absolute Gasteiger partial charge is 0.0451 e. The van der Waals surface area contributed by atoms with E-state index in [1.807, 2.05) is 0 Å². The van der Waals surface area contributed by atoms with Crippen molar-refractivity contribution in [1.82, 2.24) is 10.2 Å². The molecule has 2 nitrogen and oxygen atoms in total. The quantitative estimate of drug-likeness (QED) is 0.775. The first-order chi connectivity index (χ1) is 10.1. The highest BCUT2D eigenvalue weighted by Crippen LogP contribution is 2.27. The lowest BCUT2D eigenvalue weighted by atomic mass is 9.85. The summed E-state index contributed by atoms with van der Waals surface area (Å²) in [5, 5.41) is 3.75. The first-order valence-corrected chi connectivity index (χ1v) is 8.59. The molecule has 1 aliphatic carbocycles. The van der Waals surface area contributed by atoms with Crippen LogP contribution in [0, 0.1) is 19.8 Å². The molecule has 1 aromatic carbocycles. The third kappa shape index (κ3) is 4.82. The molecule has 0 aliphatic heterocycles. The standard InChI is InChI=1S/C19H32N2/c1-5-11-20-19(14-21(4)13-17-7-6-8-17)18-12-15(2)9-10-16(18)3/h9-10,12,17,19-20H,5-8,11,13-14H2,1-4H3. The second kappa shape index (κ2) is 7.95. The van der Waals surface area contributed by atoms with E-state index in [0.29, 0.717) is 6.04 Å². The molecule has 0 bridgehead atoms. The predicted octanol–water partition coefficient (Wildman–Crippen LogP) is 4.08. The Kier molecular flexibility index (Phi) is 6.25. The number of hydrogen-bond donors (Lipinski definition) is 1. The summed E-state index contributed by atoms with van der Waals surface area (Å²) >= 11 is 0. The van der Waals surface area contributed by atoms with E-state index >= 15 is 0 Å². The molecule has 1 fully saturated rings. The van der Waals surface area contributed by atoms with Crippen molar-refractivity contribution in [3.63, 3.8) is 0 Å². The van der Waals surface area contributed by atoms with Crippen LogP contribution in [0.2, 0.25) is 0 Å². The van der Waals surface area contributed by atoms with Crippen LogP contribution in [0.3, 0.4) is 0 Å². The minimum absolute atomic E-state index is 0.454. The van der Waals surface area contributed by atoms with Gasteiger partial charge in [0.25, 0.3) is 0 Å². The number of nitrogens with zero attached hydrogens (tertiary/aromatic N) is 1. The zero-order valence-corrected chi connectivity index (χ0v) is 14.3. The van der Waals surface area contributed by atoms with Gasteiger partial charge in [0.2, 0.25) is 0 Å². The highest BCUT2D eigenvalue weighted by molar-refractivity contribution is 5.33. The molecule has 0 radical (unpaired) electrons. The Hall–Kier alpha value is -0.860. The van der Waals surface area contributed by atoms with Gasteiger partial charge in [0.05, 0.1) is 0 Å². The number of benzene rings is 1. The van der Waals surface area contributed by atoms with Crippen LogP contribution in [0.1, 0.15) is 55.3 Å². The first-order valence-electron chi connectivity index (χ1n) is 8.59. The molecule has 118 valence electrons. The Morgan fingerprint density at radius 2 is 2.05 bits per heavy atom. The maximum atomic E-state index is 3.75. The van der Waals surface area contributed by atoms with Gasteiger partial charge in [-0.05, 0) is 63.7 Å². The summed E-state index contributed by atoms with van der Waals surface area (Å²) in [7, 11) is 2.28. The Labute approximate surface area is 130 Å². The Morgan fingerprint density at radius 1 is 1.29 bits per heavy atom. The lowest BCUT2D eigenvalue weighted by Gasteiger charge is -2.33. The SMILES string of the molecule is CCCNC(CN(C)CC1CCC1)c1cc(C)ccc1C.